The minimum atomic E-state index is 0.242. The van der Waals surface area contributed by atoms with Crippen LogP contribution in [0.2, 0.25) is 0 Å². The van der Waals surface area contributed by atoms with Crippen molar-refractivity contribution in [3.8, 4) is 22.6 Å². The van der Waals surface area contributed by atoms with Crippen LogP contribution in [0, 0.1) is 6.07 Å². The van der Waals surface area contributed by atoms with Gasteiger partial charge in [-0.2, -0.15) is 0 Å². The van der Waals surface area contributed by atoms with E-state index in [4.69, 9.17) is 0 Å². The minimum absolute atomic E-state index is 0.242. The van der Waals surface area contributed by atoms with Crippen LogP contribution in [0.5, 0.6) is 11.5 Å². The quantitative estimate of drug-likeness (QED) is 0.674. The van der Waals surface area contributed by atoms with Crippen LogP contribution in [-0.2, 0) is 0 Å². The predicted octanol–water partition coefficient (Wildman–Crippen LogP) is 3.72. The highest BCUT2D eigenvalue weighted by Crippen LogP contribution is 2.31. The Morgan fingerprint density at radius 3 is 2.50 bits per heavy atom. The van der Waals surface area contributed by atoms with Gasteiger partial charge in [-0.3, -0.25) is 0 Å². The monoisotopic (exact) mass is 235 g/mol. The molecule has 1 radical (unpaired) electrons. The minimum Gasteiger partial charge on any atom is -0.508 e. The fourth-order valence-electron chi connectivity index (χ4n) is 2.02. The summed E-state index contributed by atoms with van der Waals surface area (Å²) >= 11 is 0. The third-order valence-electron chi connectivity index (χ3n) is 2.93. The standard InChI is InChI=1S/C16H11O2/c17-14-8-7-11-9-13(6-5-12(11)10-14)15-3-1-2-4-16(15)18/h1-8,10,17-18H. The Kier molecular flexibility index (Phi) is 2.41. The van der Waals surface area contributed by atoms with Crippen molar-refractivity contribution in [2.45, 2.75) is 0 Å². The highest BCUT2D eigenvalue weighted by atomic mass is 16.3. The van der Waals surface area contributed by atoms with E-state index in [9.17, 15) is 10.2 Å². The third-order valence-corrected chi connectivity index (χ3v) is 2.93. The summed E-state index contributed by atoms with van der Waals surface area (Å²) in [5, 5.41) is 21.1. The molecule has 0 aliphatic rings. The van der Waals surface area contributed by atoms with E-state index in [1.807, 2.05) is 30.3 Å². The van der Waals surface area contributed by atoms with Crippen LogP contribution in [-0.4, -0.2) is 10.2 Å². The number of aromatic hydroxyl groups is 2. The van der Waals surface area contributed by atoms with Gasteiger partial charge in [0.1, 0.15) is 11.5 Å². The summed E-state index contributed by atoms with van der Waals surface area (Å²) in [4.78, 5) is 0. The molecule has 0 amide bonds. The van der Waals surface area contributed by atoms with Crippen LogP contribution < -0.4 is 0 Å². The van der Waals surface area contributed by atoms with Crippen LogP contribution in [0.3, 0.4) is 0 Å². The Balaban J connectivity index is 2.20. The summed E-state index contributed by atoms with van der Waals surface area (Å²) in [5.74, 6) is 0.484. The lowest BCUT2D eigenvalue weighted by molar-refractivity contribution is 0.476. The molecule has 2 heteroatoms. The van der Waals surface area contributed by atoms with Crippen molar-refractivity contribution in [1.29, 1.82) is 0 Å². The molecule has 2 nitrogen and oxygen atoms in total. The highest BCUT2D eigenvalue weighted by Gasteiger charge is 2.04. The van der Waals surface area contributed by atoms with Gasteiger partial charge in [0, 0.05) is 5.56 Å². The van der Waals surface area contributed by atoms with E-state index < -0.39 is 0 Å². The van der Waals surface area contributed by atoms with Crippen LogP contribution in [0.25, 0.3) is 21.9 Å². The van der Waals surface area contributed by atoms with Gasteiger partial charge in [-0.1, -0.05) is 36.4 Å². The first-order chi connectivity index (χ1) is 8.74. The second-order valence-electron chi connectivity index (χ2n) is 4.16. The molecular weight excluding hydrogens is 224 g/mol. The molecule has 0 atom stereocenters. The average Bonchev–Trinajstić information content (AvgIpc) is 2.39. The maximum absolute atomic E-state index is 9.82. The molecule has 0 heterocycles. The topological polar surface area (TPSA) is 40.5 Å². The predicted molar refractivity (Wildman–Crippen MR) is 71.5 cm³/mol. The number of rotatable bonds is 1. The first-order valence-corrected chi connectivity index (χ1v) is 5.67. The normalized spacial score (nSPS) is 10.7. The molecule has 87 valence electrons. The van der Waals surface area contributed by atoms with Gasteiger partial charge in [-0.15, -0.1) is 0 Å². The van der Waals surface area contributed by atoms with Crippen LogP contribution >= 0.6 is 0 Å². The first kappa shape index (κ1) is 10.7. The van der Waals surface area contributed by atoms with Crippen molar-refractivity contribution in [2.75, 3.05) is 0 Å². The van der Waals surface area contributed by atoms with Gasteiger partial charge < -0.3 is 10.2 Å². The van der Waals surface area contributed by atoms with E-state index in [1.54, 1.807) is 24.3 Å². The van der Waals surface area contributed by atoms with Gasteiger partial charge in [-0.05, 0) is 40.6 Å². The molecule has 0 saturated carbocycles. The second-order valence-corrected chi connectivity index (χ2v) is 4.16. The van der Waals surface area contributed by atoms with Crippen LogP contribution in [0.1, 0.15) is 0 Å². The molecule has 3 rings (SSSR count). The van der Waals surface area contributed by atoms with Gasteiger partial charge in [0.15, 0.2) is 0 Å². The molecule has 0 bridgehead atoms. The number of hydrogen-bond donors (Lipinski definition) is 2. The van der Waals surface area contributed by atoms with E-state index in [-0.39, 0.29) is 11.5 Å². The molecule has 2 N–H and O–H groups in total. The van der Waals surface area contributed by atoms with Crippen LogP contribution in [0.15, 0.2) is 54.6 Å². The Morgan fingerprint density at radius 1 is 0.833 bits per heavy atom. The summed E-state index contributed by atoms with van der Waals surface area (Å²) in [6.45, 7) is 0. The SMILES string of the molecule is Oc1ccc2[c]c(-c3ccccc3O)ccc2c1. The lowest BCUT2D eigenvalue weighted by Gasteiger charge is -2.06. The fourth-order valence-corrected chi connectivity index (χ4v) is 2.02. The lowest BCUT2D eigenvalue weighted by Crippen LogP contribution is -1.80. The molecule has 0 saturated heterocycles. The van der Waals surface area contributed by atoms with E-state index >= 15 is 0 Å². The molecular formula is C16H11O2. The number of phenols is 2. The lowest BCUT2D eigenvalue weighted by atomic mass is 10.0. The molecule has 18 heavy (non-hydrogen) atoms. The maximum atomic E-state index is 9.82. The first-order valence-electron chi connectivity index (χ1n) is 5.67. The summed E-state index contributed by atoms with van der Waals surface area (Å²) < 4.78 is 0. The third kappa shape index (κ3) is 1.78. The molecule has 0 fully saturated rings. The molecule has 0 aliphatic heterocycles. The molecule has 3 aromatic rings. The maximum Gasteiger partial charge on any atom is 0.123 e. The van der Waals surface area contributed by atoms with E-state index in [1.165, 1.54) is 0 Å². The Morgan fingerprint density at radius 2 is 1.67 bits per heavy atom. The number of hydrogen-bond acceptors (Lipinski definition) is 2. The average molecular weight is 235 g/mol. The molecule has 0 aromatic heterocycles. The number of fused-ring (bicyclic) bond motifs is 1. The van der Waals surface area contributed by atoms with Gasteiger partial charge in [-0.25, -0.2) is 0 Å². The van der Waals surface area contributed by atoms with Crippen LogP contribution in [0.4, 0.5) is 0 Å². The number of para-hydroxylation sites is 1. The van der Waals surface area contributed by atoms with Gasteiger partial charge in [0.2, 0.25) is 0 Å². The molecule has 3 aromatic carbocycles. The summed E-state index contributed by atoms with van der Waals surface area (Å²) in [6.07, 6.45) is 0. The van der Waals surface area contributed by atoms with Crippen molar-refractivity contribution in [1.82, 2.24) is 0 Å². The zero-order chi connectivity index (χ0) is 12.5. The molecule has 0 aliphatic carbocycles. The van der Waals surface area contributed by atoms with Crippen molar-refractivity contribution in [3.63, 3.8) is 0 Å². The zero-order valence-electron chi connectivity index (χ0n) is 9.59. The van der Waals surface area contributed by atoms with Crippen molar-refractivity contribution in [2.24, 2.45) is 0 Å². The summed E-state index contributed by atoms with van der Waals surface area (Å²) in [7, 11) is 0. The Hall–Kier alpha value is -2.48. The highest BCUT2D eigenvalue weighted by molar-refractivity contribution is 5.88. The summed E-state index contributed by atoms with van der Waals surface area (Å²) in [6, 6.07) is 19.4. The van der Waals surface area contributed by atoms with E-state index in [0.29, 0.717) is 0 Å². The zero-order valence-corrected chi connectivity index (χ0v) is 9.59. The summed E-state index contributed by atoms with van der Waals surface area (Å²) in [5.41, 5.74) is 1.60. The van der Waals surface area contributed by atoms with Crippen molar-refractivity contribution in [3.05, 3.63) is 60.7 Å². The fraction of sp³-hybridized carbons (Fsp3) is 0. The second kappa shape index (κ2) is 4.08. The van der Waals surface area contributed by atoms with E-state index in [0.717, 1.165) is 21.9 Å². The number of phenolic OH excluding ortho intramolecular Hbond substituents is 2. The Labute approximate surface area is 105 Å². The smallest absolute Gasteiger partial charge is 0.123 e. The van der Waals surface area contributed by atoms with Crippen molar-refractivity contribution < 1.29 is 10.2 Å². The molecule has 0 unspecified atom stereocenters. The largest absolute Gasteiger partial charge is 0.508 e. The number of benzene rings is 3. The van der Waals surface area contributed by atoms with Gasteiger partial charge >= 0.3 is 0 Å². The van der Waals surface area contributed by atoms with Crippen molar-refractivity contribution >= 4 is 10.8 Å². The van der Waals surface area contributed by atoms with Gasteiger partial charge in [0.25, 0.3) is 0 Å². The molecule has 0 spiro atoms. The van der Waals surface area contributed by atoms with E-state index in [2.05, 4.69) is 6.07 Å². The van der Waals surface area contributed by atoms with Gasteiger partial charge in [0.05, 0.1) is 0 Å². The Bertz CT molecular complexity index is 717.